The van der Waals surface area contributed by atoms with E-state index in [1.165, 1.54) is 12.5 Å². The Labute approximate surface area is 178 Å². The molecule has 0 aliphatic heterocycles. The minimum atomic E-state index is -4.80. The molecule has 0 atom stereocenters. The minimum Gasteiger partial charge on any atom is -0.345 e. The number of rotatable bonds is 5. The molecule has 0 spiro atoms. The number of aryl methyl sites for hydroxylation is 1. The highest BCUT2D eigenvalue weighted by Gasteiger charge is 2.28. The number of nitrogens with one attached hydrogen (secondary N) is 2. The van der Waals surface area contributed by atoms with E-state index >= 15 is 4.39 Å². The molecule has 0 aliphatic carbocycles. The summed E-state index contributed by atoms with van der Waals surface area (Å²) in [6, 6.07) is 3.09. The molecule has 4 rings (SSSR count). The number of sulfonamides is 1. The van der Waals surface area contributed by atoms with Crippen LogP contribution in [0, 0.1) is 30.2 Å². The zero-order chi connectivity index (χ0) is 23.2. The molecule has 0 fully saturated rings. The van der Waals surface area contributed by atoms with Crippen molar-refractivity contribution < 1.29 is 30.8 Å². The molecular formula is C20H12F4N4O3S. The van der Waals surface area contributed by atoms with Gasteiger partial charge in [0.25, 0.3) is 10.0 Å². The second-order valence-corrected chi connectivity index (χ2v) is 8.33. The van der Waals surface area contributed by atoms with Crippen LogP contribution in [0.5, 0.6) is 0 Å². The fraction of sp³-hybridized carbons (Fsp3) is 0.0500. The molecule has 0 bridgehead atoms. The molecule has 0 unspecified atom stereocenters. The average Bonchev–Trinajstić information content (AvgIpc) is 3.17. The standard InChI is InChI=1S/C20H12F4N4O3S/c1-9-16-11(7-25-20(16)27-8-26-9)19(29)17-13(23)4-5-14(18(17)24)28-32(30,31)15-6-10(21)2-3-12(15)22/h2-8,28H,1H3,(H,25,26,27). The number of hydrogen-bond acceptors (Lipinski definition) is 5. The fourth-order valence-corrected chi connectivity index (χ4v) is 4.30. The van der Waals surface area contributed by atoms with Crippen molar-refractivity contribution in [2.45, 2.75) is 11.8 Å². The van der Waals surface area contributed by atoms with E-state index in [1.807, 2.05) is 0 Å². The highest BCUT2D eigenvalue weighted by atomic mass is 32.2. The smallest absolute Gasteiger partial charge is 0.265 e. The van der Waals surface area contributed by atoms with Gasteiger partial charge in [-0.25, -0.2) is 35.9 Å². The Hall–Kier alpha value is -3.80. The molecule has 7 nitrogen and oxygen atoms in total. The molecule has 32 heavy (non-hydrogen) atoms. The zero-order valence-electron chi connectivity index (χ0n) is 16.1. The molecule has 2 aromatic carbocycles. The summed E-state index contributed by atoms with van der Waals surface area (Å²) in [5.41, 5.74) is -1.37. The summed E-state index contributed by atoms with van der Waals surface area (Å²) in [6.07, 6.45) is 2.44. The van der Waals surface area contributed by atoms with Gasteiger partial charge in [0.15, 0.2) is 5.82 Å². The number of aromatic amines is 1. The van der Waals surface area contributed by atoms with Crippen LogP contribution in [0.3, 0.4) is 0 Å². The third-order valence-electron chi connectivity index (χ3n) is 4.65. The lowest BCUT2D eigenvalue weighted by atomic mass is 10.0. The number of H-pyrrole nitrogens is 1. The molecule has 12 heteroatoms. The Morgan fingerprint density at radius 2 is 1.75 bits per heavy atom. The first kappa shape index (κ1) is 21.4. The highest BCUT2D eigenvalue weighted by Crippen LogP contribution is 2.29. The summed E-state index contributed by atoms with van der Waals surface area (Å²) in [7, 11) is -4.80. The SMILES string of the molecule is Cc1ncnc2[nH]cc(C(=O)c3c(F)ccc(NS(=O)(=O)c4cc(F)ccc4F)c3F)c12. The van der Waals surface area contributed by atoms with E-state index in [9.17, 15) is 26.4 Å². The van der Waals surface area contributed by atoms with Crippen LogP contribution in [0.4, 0.5) is 23.2 Å². The van der Waals surface area contributed by atoms with Gasteiger partial charge < -0.3 is 4.98 Å². The van der Waals surface area contributed by atoms with Gasteiger partial charge in [0.05, 0.1) is 27.9 Å². The second kappa shape index (κ2) is 7.71. The number of aromatic nitrogens is 3. The first-order valence-corrected chi connectivity index (χ1v) is 10.4. The van der Waals surface area contributed by atoms with Crippen molar-refractivity contribution in [2.24, 2.45) is 0 Å². The number of nitrogens with zero attached hydrogens (tertiary/aromatic N) is 2. The van der Waals surface area contributed by atoms with E-state index in [-0.39, 0.29) is 16.6 Å². The van der Waals surface area contributed by atoms with Gasteiger partial charge in [0, 0.05) is 6.20 Å². The monoisotopic (exact) mass is 464 g/mol. The minimum absolute atomic E-state index is 0.132. The maximum absolute atomic E-state index is 15.1. The van der Waals surface area contributed by atoms with Crippen molar-refractivity contribution in [1.82, 2.24) is 15.0 Å². The third kappa shape index (κ3) is 3.58. The van der Waals surface area contributed by atoms with Gasteiger partial charge in [-0.3, -0.25) is 9.52 Å². The van der Waals surface area contributed by atoms with E-state index in [0.29, 0.717) is 30.0 Å². The topological polar surface area (TPSA) is 105 Å². The van der Waals surface area contributed by atoms with Gasteiger partial charge in [0.2, 0.25) is 5.78 Å². The van der Waals surface area contributed by atoms with Crippen molar-refractivity contribution in [2.75, 3.05) is 4.72 Å². The molecule has 0 aliphatic rings. The first-order chi connectivity index (χ1) is 15.1. The summed E-state index contributed by atoms with van der Waals surface area (Å²) in [5.74, 6) is -6.20. The van der Waals surface area contributed by atoms with E-state index < -0.39 is 55.2 Å². The van der Waals surface area contributed by atoms with Crippen molar-refractivity contribution in [3.63, 3.8) is 0 Å². The number of benzene rings is 2. The van der Waals surface area contributed by atoms with E-state index in [4.69, 9.17) is 0 Å². The number of fused-ring (bicyclic) bond motifs is 1. The number of anilines is 1. The molecular weight excluding hydrogens is 452 g/mol. The number of ketones is 1. The van der Waals surface area contributed by atoms with Gasteiger partial charge in [-0.05, 0) is 37.3 Å². The maximum atomic E-state index is 15.1. The summed E-state index contributed by atoms with van der Waals surface area (Å²) in [6.45, 7) is 1.57. The van der Waals surface area contributed by atoms with Crippen LogP contribution < -0.4 is 4.72 Å². The van der Waals surface area contributed by atoms with E-state index in [2.05, 4.69) is 15.0 Å². The van der Waals surface area contributed by atoms with Crippen LogP contribution in [-0.4, -0.2) is 29.2 Å². The number of carbonyl (C=O) groups excluding carboxylic acids is 1. The fourth-order valence-electron chi connectivity index (χ4n) is 3.15. The second-order valence-electron chi connectivity index (χ2n) is 6.68. The molecule has 0 radical (unpaired) electrons. The Bertz CT molecular complexity index is 1500. The molecule has 0 amide bonds. The zero-order valence-corrected chi connectivity index (χ0v) is 16.9. The van der Waals surface area contributed by atoms with Crippen LogP contribution in [0.2, 0.25) is 0 Å². The van der Waals surface area contributed by atoms with Crippen molar-refractivity contribution in [3.8, 4) is 0 Å². The normalized spacial score (nSPS) is 11.7. The molecule has 0 saturated heterocycles. The molecule has 0 saturated carbocycles. The van der Waals surface area contributed by atoms with Crippen LogP contribution in [-0.2, 0) is 10.0 Å². The van der Waals surface area contributed by atoms with Crippen molar-refractivity contribution in [3.05, 3.63) is 82.9 Å². The largest absolute Gasteiger partial charge is 0.345 e. The third-order valence-corrected chi connectivity index (χ3v) is 6.03. The summed E-state index contributed by atoms with van der Waals surface area (Å²) < 4.78 is 83.5. The van der Waals surface area contributed by atoms with E-state index in [0.717, 1.165) is 6.07 Å². The van der Waals surface area contributed by atoms with Gasteiger partial charge in [-0.2, -0.15) is 0 Å². The Morgan fingerprint density at radius 3 is 2.50 bits per heavy atom. The van der Waals surface area contributed by atoms with Crippen molar-refractivity contribution in [1.29, 1.82) is 0 Å². The molecule has 2 aromatic heterocycles. The Balaban J connectivity index is 1.80. The molecule has 2 heterocycles. The van der Waals surface area contributed by atoms with Gasteiger partial charge in [0.1, 0.15) is 34.3 Å². The van der Waals surface area contributed by atoms with Crippen LogP contribution in [0.15, 0.2) is 47.8 Å². The lowest BCUT2D eigenvalue weighted by Gasteiger charge is -2.12. The summed E-state index contributed by atoms with van der Waals surface area (Å²) in [4.78, 5) is 22.5. The number of carbonyl (C=O) groups is 1. The molecule has 164 valence electrons. The summed E-state index contributed by atoms with van der Waals surface area (Å²) in [5, 5.41) is 0.240. The number of hydrogen-bond donors (Lipinski definition) is 2. The quantitative estimate of drug-likeness (QED) is 0.345. The first-order valence-electron chi connectivity index (χ1n) is 8.89. The Kier molecular flexibility index (Phi) is 5.17. The van der Waals surface area contributed by atoms with Gasteiger partial charge >= 0.3 is 0 Å². The highest BCUT2D eigenvalue weighted by molar-refractivity contribution is 7.92. The lowest BCUT2D eigenvalue weighted by molar-refractivity contribution is 0.103. The van der Waals surface area contributed by atoms with Gasteiger partial charge in [-0.1, -0.05) is 0 Å². The predicted molar refractivity (Wildman–Crippen MR) is 106 cm³/mol. The average molecular weight is 464 g/mol. The summed E-state index contributed by atoms with van der Waals surface area (Å²) >= 11 is 0. The van der Waals surface area contributed by atoms with Crippen LogP contribution in [0.1, 0.15) is 21.6 Å². The predicted octanol–water partition coefficient (Wildman–Crippen LogP) is 3.85. The van der Waals surface area contributed by atoms with Crippen molar-refractivity contribution >= 4 is 32.5 Å². The molecule has 2 N–H and O–H groups in total. The van der Waals surface area contributed by atoms with Crippen LogP contribution >= 0.6 is 0 Å². The van der Waals surface area contributed by atoms with Gasteiger partial charge in [-0.15, -0.1) is 0 Å². The number of halogens is 4. The van der Waals surface area contributed by atoms with E-state index in [1.54, 1.807) is 11.6 Å². The van der Waals surface area contributed by atoms with Crippen LogP contribution in [0.25, 0.3) is 11.0 Å². The lowest BCUT2D eigenvalue weighted by Crippen LogP contribution is -2.18. The Morgan fingerprint density at radius 1 is 1.03 bits per heavy atom. The maximum Gasteiger partial charge on any atom is 0.265 e. The molecule has 4 aromatic rings.